The van der Waals surface area contributed by atoms with E-state index in [0.717, 1.165) is 42.9 Å². The van der Waals surface area contributed by atoms with Crippen molar-refractivity contribution in [3.8, 4) is 0 Å². The summed E-state index contributed by atoms with van der Waals surface area (Å²) in [6.07, 6.45) is 1.78. The lowest BCUT2D eigenvalue weighted by molar-refractivity contribution is -0.677. The number of nitrogens with zero attached hydrogens (tertiary/aromatic N) is 2. The second-order valence-electron chi connectivity index (χ2n) is 8.41. The van der Waals surface area contributed by atoms with Crippen molar-refractivity contribution in [3.05, 3.63) is 102 Å². The molecule has 1 saturated heterocycles. The molecule has 1 fully saturated rings. The molecular formula is C27H28N3O2+. The van der Waals surface area contributed by atoms with Crippen LogP contribution in [-0.2, 0) is 4.79 Å². The largest absolute Gasteiger partial charge is 0.440 e. The highest BCUT2D eigenvalue weighted by molar-refractivity contribution is 5.77. The molecule has 4 aromatic rings. The highest BCUT2D eigenvalue weighted by Gasteiger charge is 2.28. The number of carbonyl (C=O) groups excluding carboxylic acids is 1. The minimum atomic E-state index is 0.110. The summed E-state index contributed by atoms with van der Waals surface area (Å²) >= 11 is 0. The molecule has 0 atom stereocenters. The van der Waals surface area contributed by atoms with E-state index in [-0.39, 0.29) is 17.9 Å². The number of likely N-dealkylation sites (tertiary alicyclic amines) is 1. The van der Waals surface area contributed by atoms with Gasteiger partial charge in [-0.2, -0.15) is 0 Å². The molecule has 0 spiro atoms. The number of benzene rings is 3. The Morgan fingerprint density at radius 1 is 0.906 bits per heavy atom. The topological polar surface area (TPSA) is 63.0 Å². The first-order valence-electron chi connectivity index (χ1n) is 11.3. The third kappa shape index (κ3) is 4.43. The fourth-order valence-corrected chi connectivity index (χ4v) is 4.57. The Balaban J connectivity index is 1.20. The maximum absolute atomic E-state index is 13.0. The van der Waals surface area contributed by atoms with Gasteiger partial charge in [0.05, 0.1) is 0 Å². The average Bonchev–Trinajstić information content (AvgIpc) is 3.30. The summed E-state index contributed by atoms with van der Waals surface area (Å²) < 4.78 is 5.96. The number of hydrogen-bond acceptors (Lipinski definition) is 3. The molecule has 1 aliphatic rings. The molecule has 0 bridgehead atoms. The molecule has 0 radical (unpaired) electrons. The van der Waals surface area contributed by atoms with Crippen molar-refractivity contribution in [2.75, 3.05) is 19.6 Å². The molecular weight excluding hydrogens is 398 g/mol. The van der Waals surface area contributed by atoms with E-state index < -0.39 is 0 Å². The van der Waals surface area contributed by atoms with Crippen LogP contribution in [0.4, 0.5) is 0 Å². The molecule has 5 rings (SSSR count). The van der Waals surface area contributed by atoms with E-state index in [1.807, 2.05) is 41.3 Å². The van der Waals surface area contributed by atoms with Crippen molar-refractivity contribution in [1.82, 2.24) is 9.88 Å². The van der Waals surface area contributed by atoms with E-state index in [0.29, 0.717) is 6.54 Å². The predicted octanol–water partition coefficient (Wildman–Crippen LogP) is 3.89. The number of piperidine rings is 1. The number of quaternary nitrogens is 1. The summed E-state index contributed by atoms with van der Waals surface area (Å²) in [5, 5.41) is 2.15. The summed E-state index contributed by atoms with van der Waals surface area (Å²) in [5.41, 5.74) is 4.16. The summed E-state index contributed by atoms with van der Waals surface area (Å²) in [6.45, 7) is 1.93. The second kappa shape index (κ2) is 9.37. The Hall–Kier alpha value is -3.44. The lowest BCUT2D eigenvalue weighted by Crippen LogP contribution is -2.87. The van der Waals surface area contributed by atoms with Gasteiger partial charge in [-0.05, 0) is 25.0 Å². The minimum absolute atomic E-state index is 0.110. The normalized spacial score (nSPS) is 14.8. The van der Waals surface area contributed by atoms with Gasteiger partial charge in [0.2, 0.25) is 0 Å². The van der Waals surface area contributed by atoms with E-state index in [2.05, 4.69) is 58.8 Å². The number of carbonyl (C=O) groups is 1. The van der Waals surface area contributed by atoms with Gasteiger partial charge in [-0.25, -0.2) is 4.98 Å². The van der Waals surface area contributed by atoms with Crippen molar-refractivity contribution < 1.29 is 14.5 Å². The monoisotopic (exact) mass is 426 g/mol. The van der Waals surface area contributed by atoms with E-state index in [9.17, 15) is 4.79 Å². The van der Waals surface area contributed by atoms with Gasteiger partial charge in [-0.15, -0.1) is 0 Å². The second-order valence-corrected chi connectivity index (χ2v) is 8.41. The van der Waals surface area contributed by atoms with Crippen LogP contribution in [0, 0.1) is 0 Å². The molecule has 162 valence electrons. The molecule has 32 heavy (non-hydrogen) atoms. The van der Waals surface area contributed by atoms with Gasteiger partial charge in [0, 0.05) is 30.1 Å². The van der Waals surface area contributed by atoms with Crippen LogP contribution >= 0.6 is 0 Å². The van der Waals surface area contributed by atoms with Crippen molar-refractivity contribution in [2.24, 2.45) is 0 Å². The SMILES string of the molecule is O=C(C[NH2+]C(c1ccccc1)c1ccccc1)N1CCC(c2nc3ccccc3o2)CC1. The van der Waals surface area contributed by atoms with E-state index in [1.54, 1.807) is 0 Å². The van der Waals surface area contributed by atoms with Crippen molar-refractivity contribution in [1.29, 1.82) is 0 Å². The Kier molecular flexibility index (Phi) is 5.99. The number of fused-ring (bicyclic) bond motifs is 1. The number of nitrogens with two attached hydrogens (primary N) is 1. The molecule has 0 unspecified atom stereocenters. The van der Waals surface area contributed by atoms with Crippen LogP contribution < -0.4 is 5.32 Å². The molecule has 2 N–H and O–H groups in total. The first-order valence-corrected chi connectivity index (χ1v) is 11.3. The summed E-state index contributed by atoms with van der Waals surface area (Å²) in [4.78, 5) is 19.7. The van der Waals surface area contributed by atoms with Gasteiger partial charge >= 0.3 is 0 Å². The first-order chi connectivity index (χ1) is 15.8. The molecule has 0 saturated carbocycles. The molecule has 1 aliphatic heterocycles. The molecule has 3 aromatic carbocycles. The van der Waals surface area contributed by atoms with Crippen LogP contribution in [-0.4, -0.2) is 35.4 Å². The molecule has 2 heterocycles. The Morgan fingerprint density at radius 2 is 1.50 bits per heavy atom. The van der Waals surface area contributed by atoms with Gasteiger partial charge in [-0.1, -0.05) is 72.8 Å². The van der Waals surface area contributed by atoms with Crippen molar-refractivity contribution in [2.45, 2.75) is 24.8 Å². The molecule has 5 nitrogen and oxygen atoms in total. The Bertz CT molecular complexity index is 1090. The average molecular weight is 427 g/mol. The molecule has 1 aromatic heterocycles. The Labute approximate surface area is 188 Å². The smallest absolute Gasteiger partial charge is 0.277 e. The predicted molar refractivity (Wildman–Crippen MR) is 124 cm³/mol. The zero-order valence-corrected chi connectivity index (χ0v) is 18.1. The number of rotatable bonds is 6. The quantitative estimate of drug-likeness (QED) is 0.509. The zero-order valence-electron chi connectivity index (χ0n) is 18.1. The van der Waals surface area contributed by atoms with Gasteiger partial charge < -0.3 is 14.6 Å². The van der Waals surface area contributed by atoms with Gasteiger partial charge in [0.1, 0.15) is 11.6 Å². The van der Waals surface area contributed by atoms with E-state index in [1.165, 1.54) is 11.1 Å². The number of amides is 1. The van der Waals surface area contributed by atoms with E-state index in [4.69, 9.17) is 4.42 Å². The number of para-hydroxylation sites is 2. The number of hydrogen-bond donors (Lipinski definition) is 1. The third-order valence-electron chi connectivity index (χ3n) is 6.35. The highest BCUT2D eigenvalue weighted by atomic mass is 16.3. The van der Waals surface area contributed by atoms with Gasteiger partial charge in [-0.3, -0.25) is 4.79 Å². The van der Waals surface area contributed by atoms with Gasteiger partial charge in [0.15, 0.2) is 18.0 Å². The minimum Gasteiger partial charge on any atom is -0.440 e. The maximum atomic E-state index is 13.0. The van der Waals surface area contributed by atoms with Crippen LogP contribution in [0.5, 0.6) is 0 Å². The Morgan fingerprint density at radius 3 is 2.12 bits per heavy atom. The number of oxazole rings is 1. The fraction of sp³-hybridized carbons (Fsp3) is 0.259. The van der Waals surface area contributed by atoms with Crippen LogP contribution in [0.2, 0.25) is 0 Å². The lowest BCUT2D eigenvalue weighted by atomic mass is 9.96. The number of aromatic nitrogens is 1. The zero-order chi connectivity index (χ0) is 21.8. The fourth-order valence-electron chi connectivity index (χ4n) is 4.57. The molecule has 0 aliphatic carbocycles. The van der Waals surface area contributed by atoms with Crippen LogP contribution in [0.25, 0.3) is 11.1 Å². The van der Waals surface area contributed by atoms with Crippen molar-refractivity contribution >= 4 is 17.0 Å². The molecule has 5 heteroatoms. The summed E-state index contributed by atoms with van der Waals surface area (Å²) in [7, 11) is 0. The summed E-state index contributed by atoms with van der Waals surface area (Å²) in [5.74, 6) is 1.27. The standard InChI is InChI=1S/C27H27N3O2/c31-25(19-28-26(20-9-3-1-4-10-20)21-11-5-2-6-12-21)30-17-15-22(16-18-30)27-29-23-13-7-8-14-24(23)32-27/h1-14,22,26,28H,15-19H2/p+1. The van der Waals surface area contributed by atoms with Crippen LogP contribution in [0.15, 0.2) is 89.3 Å². The summed E-state index contributed by atoms with van der Waals surface area (Å²) in [6, 6.07) is 28.8. The first kappa shape index (κ1) is 20.5. The third-order valence-corrected chi connectivity index (χ3v) is 6.35. The molecule has 1 amide bonds. The lowest BCUT2D eigenvalue weighted by Gasteiger charge is -2.30. The highest BCUT2D eigenvalue weighted by Crippen LogP contribution is 2.29. The van der Waals surface area contributed by atoms with E-state index >= 15 is 0 Å². The van der Waals surface area contributed by atoms with Crippen LogP contribution in [0.3, 0.4) is 0 Å². The van der Waals surface area contributed by atoms with Gasteiger partial charge in [0.25, 0.3) is 5.91 Å². The maximum Gasteiger partial charge on any atom is 0.277 e. The van der Waals surface area contributed by atoms with Crippen LogP contribution in [0.1, 0.15) is 41.8 Å². The van der Waals surface area contributed by atoms with Crippen molar-refractivity contribution in [3.63, 3.8) is 0 Å².